The zero-order valence-corrected chi connectivity index (χ0v) is 20.6. The largest absolute Gasteiger partial charge is 0.444 e. The molecule has 4 rings (SSSR count). The molecule has 2 fully saturated rings. The standard InChI is InChI=1S/C24H37N7O3/c1-24(2,3)34-23(32)26-17-7-9-18(10-8-17)31(13-14-33-4)22-25-12-11-20(28-22)27-21-15-19(29-30-21)16-5-6-16/h11-12,15-18H,5-10,13-14H2,1-4H3,(H,26,32)(H2,25,27,28,29,30)/t17-,18-. The van der Waals surface area contributed by atoms with Crippen LogP contribution in [0.3, 0.4) is 0 Å². The van der Waals surface area contributed by atoms with E-state index in [4.69, 9.17) is 14.5 Å². The van der Waals surface area contributed by atoms with Crippen molar-refractivity contribution in [1.82, 2.24) is 25.5 Å². The van der Waals surface area contributed by atoms with Crippen molar-refractivity contribution in [2.24, 2.45) is 0 Å². The average molecular weight is 472 g/mol. The highest BCUT2D eigenvalue weighted by molar-refractivity contribution is 5.68. The van der Waals surface area contributed by atoms with E-state index in [2.05, 4.69) is 36.8 Å². The number of alkyl carbamates (subject to hydrolysis) is 1. The summed E-state index contributed by atoms with van der Waals surface area (Å²) >= 11 is 0. The molecule has 0 unspecified atom stereocenters. The molecule has 0 bridgehead atoms. The van der Waals surface area contributed by atoms with Crippen LogP contribution in [0.25, 0.3) is 0 Å². The van der Waals surface area contributed by atoms with E-state index < -0.39 is 5.60 Å². The Hall–Kier alpha value is -2.88. The molecule has 186 valence electrons. The third kappa shape index (κ3) is 6.82. The Morgan fingerprint density at radius 2 is 1.94 bits per heavy atom. The molecule has 0 saturated heterocycles. The molecule has 3 N–H and O–H groups in total. The van der Waals surface area contributed by atoms with Crippen LogP contribution in [0, 0.1) is 0 Å². The fourth-order valence-corrected chi connectivity index (χ4v) is 4.33. The predicted molar refractivity (Wildman–Crippen MR) is 131 cm³/mol. The minimum absolute atomic E-state index is 0.115. The first-order valence-electron chi connectivity index (χ1n) is 12.2. The first kappa shape index (κ1) is 24.3. The Morgan fingerprint density at radius 3 is 2.62 bits per heavy atom. The number of aromatic nitrogens is 4. The molecule has 2 aliphatic rings. The number of ether oxygens (including phenoxy) is 2. The van der Waals surface area contributed by atoms with Crippen LogP contribution in [0.2, 0.25) is 0 Å². The normalized spacial score (nSPS) is 20.6. The monoisotopic (exact) mass is 471 g/mol. The maximum Gasteiger partial charge on any atom is 0.407 e. The summed E-state index contributed by atoms with van der Waals surface area (Å²) in [6.45, 7) is 6.90. The van der Waals surface area contributed by atoms with Crippen molar-refractivity contribution < 1.29 is 14.3 Å². The molecule has 10 heteroatoms. The lowest BCUT2D eigenvalue weighted by atomic mass is 9.90. The van der Waals surface area contributed by atoms with Crippen molar-refractivity contribution in [1.29, 1.82) is 0 Å². The summed E-state index contributed by atoms with van der Waals surface area (Å²) in [6.07, 6.45) is 7.48. The van der Waals surface area contributed by atoms with Gasteiger partial charge in [-0.25, -0.2) is 9.78 Å². The van der Waals surface area contributed by atoms with Crippen molar-refractivity contribution in [2.45, 2.75) is 82.9 Å². The Labute approximate surface area is 201 Å². The zero-order chi connectivity index (χ0) is 24.1. The number of anilines is 3. The van der Waals surface area contributed by atoms with E-state index in [1.807, 2.05) is 26.8 Å². The number of hydrogen-bond donors (Lipinski definition) is 3. The number of hydrogen-bond acceptors (Lipinski definition) is 8. The van der Waals surface area contributed by atoms with E-state index in [-0.39, 0.29) is 18.2 Å². The number of amides is 1. The summed E-state index contributed by atoms with van der Waals surface area (Å²) in [6, 6.07) is 4.30. The summed E-state index contributed by atoms with van der Waals surface area (Å²) in [4.78, 5) is 23.7. The number of aromatic amines is 1. The van der Waals surface area contributed by atoms with Gasteiger partial charge in [0.05, 0.1) is 6.61 Å². The smallest absolute Gasteiger partial charge is 0.407 e. The topological polar surface area (TPSA) is 117 Å². The maximum atomic E-state index is 12.1. The van der Waals surface area contributed by atoms with Gasteiger partial charge in [-0.2, -0.15) is 10.1 Å². The van der Waals surface area contributed by atoms with Crippen LogP contribution in [-0.2, 0) is 9.47 Å². The van der Waals surface area contributed by atoms with Gasteiger partial charge in [0.15, 0.2) is 5.82 Å². The number of methoxy groups -OCH3 is 1. The summed E-state index contributed by atoms with van der Waals surface area (Å²) in [7, 11) is 1.70. The lowest BCUT2D eigenvalue weighted by molar-refractivity contribution is 0.0491. The molecule has 2 saturated carbocycles. The lowest BCUT2D eigenvalue weighted by Crippen LogP contribution is -2.46. The predicted octanol–water partition coefficient (Wildman–Crippen LogP) is 4.11. The van der Waals surface area contributed by atoms with Gasteiger partial charge in [0.25, 0.3) is 0 Å². The molecular formula is C24H37N7O3. The first-order valence-corrected chi connectivity index (χ1v) is 12.2. The van der Waals surface area contributed by atoms with Crippen molar-refractivity contribution in [3.8, 4) is 0 Å². The lowest BCUT2D eigenvalue weighted by Gasteiger charge is -2.37. The second kappa shape index (κ2) is 10.6. The van der Waals surface area contributed by atoms with Gasteiger partial charge in [0.1, 0.15) is 11.4 Å². The fraction of sp³-hybridized carbons (Fsp3) is 0.667. The summed E-state index contributed by atoms with van der Waals surface area (Å²) < 4.78 is 10.8. The SMILES string of the molecule is COCCN(c1nccc(Nc2cc(C3CC3)[nH]n2)n1)[C@H]1CC[C@H](NC(=O)OC(C)(C)C)CC1. The van der Waals surface area contributed by atoms with E-state index in [0.29, 0.717) is 30.8 Å². The number of nitrogens with zero attached hydrogens (tertiary/aromatic N) is 4. The molecule has 2 aromatic rings. The molecule has 0 aromatic carbocycles. The number of nitrogens with one attached hydrogen (secondary N) is 3. The number of carbonyl (C=O) groups is 1. The van der Waals surface area contributed by atoms with Crippen LogP contribution in [0.4, 0.5) is 22.4 Å². The van der Waals surface area contributed by atoms with Crippen LogP contribution >= 0.6 is 0 Å². The fourth-order valence-electron chi connectivity index (χ4n) is 4.33. The van der Waals surface area contributed by atoms with Crippen molar-refractivity contribution in [2.75, 3.05) is 30.5 Å². The third-order valence-electron chi connectivity index (χ3n) is 6.17. The minimum Gasteiger partial charge on any atom is -0.444 e. The molecule has 10 nitrogen and oxygen atoms in total. The van der Waals surface area contributed by atoms with Crippen LogP contribution in [0.15, 0.2) is 18.3 Å². The number of H-pyrrole nitrogens is 1. The van der Waals surface area contributed by atoms with Gasteiger partial charge < -0.3 is 25.0 Å². The Bertz CT molecular complexity index is 946. The van der Waals surface area contributed by atoms with E-state index in [1.54, 1.807) is 13.3 Å². The Balaban J connectivity index is 1.37. The Morgan fingerprint density at radius 1 is 1.18 bits per heavy atom. The summed E-state index contributed by atoms with van der Waals surface area (Å²) in [5.74, 6) is 2.77. The van der Waals surface area contributed by atoms with Crippen molar-refractivity contribution in [3.63, 3.8) is 0 Å². The second-order valence-corrected chi connectivity index (χ2v) is 10.2. The van der Waals surface area contributed by atoms with Crippen LogP contribution in [-0.4, -0.2) is 64.2 Å². The molecule has 0 radical (unpaired) electrons. The van der Waals surface area contributed by atoms with Crippen LogP contribution in [0.5, 0.6) is 0 Å². The van der Waals surface area contributed by atoms with Crippen molar-refractivity contribution >= 4 is 23.7 Å². The van der Waals surface area contributed by atoms with Gasteiger partial charge in [0, 0.05) is 49.6 Å². The number of rotatable bonds is 9. The van der Waals surface area contributed by atoms with Crippen molar-refractivity contribution in [3.05, 3.63) is 24.0 Å². The summed E-state index contributed by atoms with van der Waals surface area (Å²) in [5, 5.41) is 13.8. The quantitative estimate of drug-likeness (QED) is 0.500. The first-order chi connectivity index (χ1) is 16.3. The van der Waals surface area contributed by atoms with E-state index in [0.717, 1.165) is 31.5 Å². The maximum absolute atomic E-state index is 12.1. The van der Waals surface area contributed by atoms with Gasteiger partial charge in [-0.05, 0) is 65.4 Å². The Kier molecular flexibility index (Phi) is 7.55. The van der Waals surface area contributed by atoms with Gasteiger partial charge in [-0.15, -0.1) is 0 Å². The van der Waals surface area contributed by atoms with E-state index >= 15 is 0 Å². The van der Waals surface area contributed by atoms with Gasteiger partial charge in [-0.3, -0.25) is 5.10 Å². The highest BCUT2D eigenvalue weighted by atomic mass is 16.6. The molecule has 0 aliphatic heterocycles. The second-order valence-electron chi connectivity index (χ2n) is 10.2. The molecule has 0 spiro atoms. The number of carbonyl (C=O) groups excluding carboxylic acids is 1. The van der Waals surface area contributed by atoms with E-state index in [1.165, 1.54) is 18.5 Å². The third-order valence-corrected chi connectivity index (χ3v) is 6.17. The molecule has 34 heavy (non-hydrogen) atoms. The summed E-state index contributed by atoms with van der Waals surface area (Å²) in [5.41, 5.74) is 0.680. The van der Waals surface area contributed by atoms with Crippen LogP contribution in [0.1, 0.15) is 70.9 Å². The highest BCUT2D eigenvalue weighted by Crippen LogP contribution is 2.39. The van der Waals surface area contributed by atoms with Crippen LogP contribution < -0.4 is 15.5 Å². The molecule has 2 aromatic heterocycles. The van der Waals surface area contributed by atoms with Gasteiger partial charge in [-0.1, -0.05) is 0 Å². The molecule has 2 heterocycles. The van der Waals surface area contributed by atoms with E-state index in [9.17, 15) is 4.79 Å². The molecule has 1 amide bonds. The van der Waals surface area contributed by atoms with Gasteiger partial charge in [0.2, 0.25) is 5.95 Å². The minimum atomic E-state index is -0.496. The molecular weight excluding hydrogens is 434 g/mol. The molecule has 0 atom stereocenters. The molecule has 2 aliphatic carbocycles. The van der Waals surface area contributed by atoms with Gasteiger partial charge >= 0.3 is 6.09 Å². The average Bonchev–Trinajstić information content (AvgIpc) is 3.53. The zero-order valence-electron chi connectivity index (χ0n) is 20.6. The highest BCUT2D eigenvalue weighted by Gasteiger charge is 2.29.